The van der Waals surface area contributed by atoms with Crippen LogP contribution < -0.4 is 4.90 Å². The maximum absolute atomic E-state index is 13.6. The summed E-state index contributed by atoms with van der Waals surface area (Å²) in [7, 11) is -3.93. The van der Waals surface area contributed by atoms with Gasteiger partial charge in [0.15, 0.2) is 0 Å². The third kappa shape index (κ3) is 5.09. The average molecular weight is 484 g/mol. The van der Waals surface area contributed by atoms with Crippen LogP contribution in [0.25, 0.3) is 11.5 Å². The molecule has 0 saturated carbocycles. The molecule has 9 heteroatoms. The number of ether oxygens (including phenoxy) is 1. The van der Waals surface area contributed by atoms with E-state index >= 15 is 0 Å². The third-order valence-electron chi connectivity index (χ3n) is 5.37. The minimum absolute atomic E-state index is 0.123. The molecule has 1 amide bonds. The molecule has 4 rings (SSSR count). The van der Waals surface area contributed by atoms with Crippen LogP contribution in [0.5, 0.6) is 0 Å². The van der Waals surface area contributed by atoms with Crippen molar-refractivity contribution in [3.63, 3.8) is 0 Å². The van der Waals surface area contributed by atoms with Crippen molar-refractivity contribution in [2.24, 2.45) is 0 Å². The van der Waals surface area contributed by atoms with Gasteiger partial charge in [-0.2, -0.15) is 4.98 Å². The molecule has 34 heavy (non-hydrogen) atoms. The number of nitrogens with zero attached hydrogens (tertiary/aromatic N) is 3. The molecule has 2 aromatic carbocycles. The molecule has 8 nitrogen and oxygen atoms in total. The van der Waals surface area contributed by atoms with Gasteiger partial charge in [-0.1, -0.05) is 30.3 Å². The van der Waals surface area contributed by atoms with Crippen LogP contribution in [-0.2, 0) is 14.6 Å². The van der Waals surface area contributed by atoms with Gasteiger partial charge in [-0.05, 0) is 57.5 Å². The van der Waals surface area contributed by atoms with E-state index in [9.17, 15) is 13.2 Å². The summed E-state index contributed by atoms with van der Waals surface area (Å²) in [5.74, 6) is 0.417. The van der Waals surface area contributed by atoms with E-state index < -0.39 is 15.4 Å². The molecule has 0 bridgehead atoms. The van der Waals surface area contributed by atoms with Crippen LogP contribution in [0, 0.1) is 6.92 Å². The van der Waals surface area contributed by atoms with Gasteiger partial charge in [0.1, 0.15) is 5.60 Å². The van der Waals surface area contributed by atoms with Crippen molar-refractivity contribution in [3.8, 4) is 11.5 Å². The van der Waals surface area contributed by atoms with Crippen LogP contribution in [0.15, 0.2) is 68.9 Å². The molecule has 1 saturated heterocycles. The lowest BCUT2D eigenvalue weighted by atomic mass is 10.2. The molecule has 1 aliphatic heterocycles. The number of benzene rings is 2. The van der Waals surface area contributed by atoms with Gasteiger partial charge in [-0.25, -0.2) is 13.2 Å². The third-order valence-corrected chi connectivity index (χ3v) is 7.02. The zero-order chi connectivity index (χ0) is 24.5. The largest absolute Gasteiger partial charge is 0.444 e. The van der Waals surface area contributed by atoms with Crippen molar-refractivity contribution in [1.82, 2.24) is 9.88 Å². The van der Waals surface area contributed by atoms with E-state index in [4.69, 9.17) is 9.15 Å². The predicted octanol–water partition coefficient (Wildman–Crippen LogP) is 4.54. The molecule has 0 atom stereocenters. The first-order valence-electron chi connectivity index (χ1n) is 11.2. The zero-order valence-corrected chi connectivity index (χ0v) is 20.6. The van der Waals surface area contributed by atoms with Crippen LogP contribution in [-0.4, -0.2) is 56.2 Å². The molecule has 3 aromatic rings. The molecule has 0 aliphatic carbocycles. The number of hydrogen-bond donors (Lipinski definition) is 0. The molecular formula is C25H29N3O5S. The second-order valence-electron chi connectivity index (χ2n) is 9.27. The quantitative estimate of drug-likeness (QED) is 0.538. The lowest BCUT2D eigenvalue weighted by molar-refractivity contribution is 0.0239. The van der Waals surface area contributed by atoms with Gasteiger partial charge in [0.25, 0.3) is 0 Å². The summed E-state index contributed by atoms with van der Waals surface area (Å²) >= 11 is 0. The van der Waals surface area contributed by atoms with Crippen LogP contribution >= 0.6 is 0 Å². The summed E-state index contributed by atoms with van der Waals surface area (Å²) in [5, 5.41) is -0.123. The summed E-state index contributed by atoms with van der Waals surface area (Å²) in [6.07, 6.45) is -0.387. The fourth-order valence-electron chi connectivity index (χ4n) is 3.69. The Hall–Kier alpha value is -3.33. The highest BCUT2D eigenvalue weighted by Gasteiger charge is 2.34. The molecule has 0 spiro atoms. The maximum atomic E-state index is 13.6. The summed E-state index contributed by atoms with van der Waals surface area (Å²) < 4.78 is 38.7. The predicted molar refractivity (Wildman–Crippen MR) is 129 cm³/mol. The summed E-state index contributed by atoms with van der Waals surface area (Å²) in [6, 6.07) is 15.9. The Labute approximate surface area is 200 Å². The maximum Gasteiger partial charge on any atom is 0.410 e. The molecule has 0 N–H and O–H groups in total. The number of piperazine rings is 1. The number of carbonyl (C=O) groups excluding carboxylic acids is 1. The highest BCUT2D eigenvalue weighted by molar-refractivity contribution is 7.91. The van der Waals surface area contributed by atoms with E-state index in [1.165, 1.54) is 0 Å². The van der Waals surface area contributed by atoms with Crippen LogP contribution in [0.2, 0.25) is 0 Å². The van der Waals surface area contributed by atoms with Crippen molar-refractivity contribution in [1.29, 1.82) is 0 Å². The first kappa shape index (κ1) is 23.8. The molecule has 2 heterocycles. The van der Waals surface area contributed by atoms with E-state index in [1.54, 1.807) is 23.1 Å². The van der Waals surface area contributed by atoms with Crippen molar-refractivity contribution < 1.29 is 22.4 Å². The van der Waals surface area contributed by atoms with Crippen molar-refractivity contribution in [2.75, 3.05) is 31.1 Å². The van der Waals surface area contributed by atoms with Gasteiger partial charge >= 0.3 is 6.09 Å². The Balaban J connectivity index is 1.67. The first-order valence-corrected chi connectivity index (χ1v) is 12.6. The van der Waals surface area contributed by atoms with E-state index in [2.05, 4.69) is 4.98 Å². The Morgan fingerprint density at radius 3 is 2.29 bits per heavy atom. The van der Waals surface area contributed by atoms with Crippen molar-refractivity contribution in [3.05, 3.63) is 60.2 Å². The topological polar surface area (TPSA) is 93.0 Å². The van der Waals surface area contributed by atoms with Crippen molar-refractivity contribution in [2.45, 2.75) is 43.2 Å². The molecule has 180 valence electrons. The van der Waals surface area contributed by atoms with Gasteiger partial charge in [0.05, 0.1) is 4.90 Å². The normalized spacial score (nSPS) is 14.8. The second-order valence-corrected chi connectivity index (χ2v) is 11.1. The second kappa shape index (κ2) is 9.13. The van der Waals surface area contributed by atoms with Gasteiger partial charge < -0.3 is 19.0 Å². The summed E-state index contributed by atoms with van der Waals surface area (Å²) in [5.41, 5.74) is 0.931. The van der Waals surface area contributed by atoms with E-state index in [0.29, 0.717) is 31.7 Å². The molecule has 0 radical (unpaired) electrons. The summed E-state index contributed by atoms with van der Waals surface area (Å²) in [6.45, 7) is 8.84. The van der Waals surface area contributed by atoms with Gasteiger partial charge in [0.2, 0.25) is 26.6 Å². The number of hydrogen-bond acceptors (Lipinski definition) is 7. The van der Waals surface area contributed by atoms with Gasteiger partial charge in [0, 0.05) is 31.7 Å². The number of rotatable bonds is 4. The number of oxazole rings is 1. The number of aromatic nitrogens is 1. The zero-order valence-electron chi connectivity index (χ0n) is 19.8. The lowest BCUT2D eigenvalue weighted by Gasteiger charge is -2.35. The smallest absolute Gasteiger partial charge is 0.410 e. The van der Waals surface area contributed by atoms with Gasteiger partial charge in [-0.15, -0.1) is 0 Å². The Morgan fingerprint density at radius 1 is 1.00 bits per heavy atom. The minimum atomic E-state index is -3.93. The number of carbonyl (C=O) groups is 1. The van der Waals surface area contributed by atoms with E-state index in [0.717, 1.165) is 5.56 Å². The fraction of sp³-hybridized carbons (Fsp3) is 0.360. The Bertz CT molecular complexity index is 1270. The first-order chi connectivity index (χ1) is 16.0. The summed E-state index contributed by atoms with van der Waals surface area (Å²) in [4.78, 5) is 20.5. The molecule has 1 fully saturated rings. The number of sulfone groups is 1. The highest BCUT2D eigenvalue weighted by atomic mass is 32.2. The van der Waals surface area contributed by atoms with E-state index in [-0.39, 0.29) is 27.8 Å². The number of anilines is 1. The minimum Gasteiger partial charge on any atom is -0.444 e. The lowest BCUT2D eigenvalue weighted by Crippen LogP contribution is -2.50. The molecule has 1 aromatic heterocycles. The molecule has 1 aliphatic rings. The average Bonchev–Trinajstić information content (AvgIpc) is 3.25. The molecule has 0 unspecified atom stereocenters. The van der Waals surface area contributed by atoms with Crippen LogP contribution in [0.1, 0.15) is 26.3 Å². The monoisotopic (exact) mass is 483 g/mol. The van der Waals surface area contributed by atoms with Crippen LogP contribution in [0.4, 0.5) is 10.7 Å². The number of amides is 1. The van der Waals surface area contributed by atoms with Crippen molar-refractivity contribution >= 4 is 21.8 Å². The fourth-order valence-corrected chi connectivity index (χ4v) is 5.12. The Kier molecular flexibility index (Phi) is 6.40. The van der Waals surface area contributed by atoms with E-state index in [1.807, 2.05) is 69.0 Å². The highest BCUT2D eigenvalue weighted by Crippen LogP contribution is 2.35. The van der Waals surface area contributed by atoms with Crippen LogP contribution in [0.3, 0.4) is 0 Å². The van der Waals surface area contributed by atoms with Gasteiger partial charge in [-0.3, -0.25) is 0 Å². The SMILES string of the molecule is Cc1cccc(S(=O)(=O)c2nc(-c3ccccc3)oc2N2CCN(C(=O)OC(C)(C)C)CC2)c1. The standard InChI is InChI=1S/C25H29N3O5S/c1-18-9-8-12-20(17-18)34(30,31)22-23(32-21(26-22)19-10-6-5-7-11-19)27-13-15-28(16-14-27)24(29)33-25(2,3)4/h5-12,17H,13-16H2,1-4H3. The molecular weight excluding hydrogens is 454 g/mol. The number of aryl methyl sites for hydroxylation is 1. The Morgan fingerprint density at radius 2 is 1.68 bits per heavy atom.